The Balaban J connectivity index is 1.77. The molecule has 2 aromatic heterocycles. The number of hydrogen-bond donors (Lipinski definition) is 0. The van der Waals surface area contributed by atoms with Crippen LogP contribution in [-0.4, -0.2) is 43.8 Å². The van der Waals surface area contributed by atoms with Crippen LogP contribution in [0.4, 0.5) is 0 Å². The van der Waals surface area contributed by atoms with Crippen molar-refractivity contribution in [3.8, 4) is 0 Å². The second kappa shape index (κ2) is 6.37. The molecule has 3 heterocycles. The summed E-state index contributed by atoms with van der Waals surface area (Å²) in [5.41, 5.74) is 1.71. The minimum Gasteiger partial charge on any atom is -0.361 e. The van der Waals surface area contributed by atoms with Gasteiger partial charge in [-0.1, -0.05) is 5.16 Å². The van der Waals surface area contributed by atoms with Crippen molar-refractivity contribution in [2.24, 2.45) is 0 Å². The lowest BCUT2D eigenvalue weighted by atomic mass is 9.96. The second-order valence-electron chi connectivity index (χ2n) is 6.69. The van der Waals surface area contributed by atoms with Gasteiger partial charge < -0.3 is 9.42 Å². The van der Waals surface area contributed by atoms with Crippen molar-refractivity contribution in [2.45, 2.75) is 59.4 Å². The number of hydrogen-bond acceptors (Lipinski definition) is 5. The fourth-order valence-corrected chi connectivity index (χ4v) is 3.74. The highest BCUT2D eigenvalue weighted by atomic mass is 16.5. The molecule has 2 aromatic rings. The Labute approximate surface area is 142 Å². The molecule has 1 aliphatic rings. The third kappa shape index (κ3) is 2.95. The van der Waals surface area contributed by atoms with Crippen LogP contribution in [-0.2, 0) is 4.79 Å². The highest BCUT2D eigenvalue weighted by Crippen LogP contribution is 2.28. The molecule has 0 radical (unpaired) electrons. The molecule has 1 amide bonds. The standard InChI is InChI=1S/C17H25N5O2/c1-10(16-11(2)20-24-12(16)3)17(23)21-8-6-7-15(9-21)22-14(5)18-13(4)19-22/h10,15H,6-9H2,1-5H3/t10-,15-/m1/s1. The number of aryl methyl sites for hydroxylation is 4. The van der Waals surface area contributed by atoms with E-state index in [0.717, 1.165) is 48.1 Å². The summed E-state index contributed by atoms with van der Waals surface area (Å²) in [6.45, 7) is 11.0. The van der Waals surface area contributed by atoms with E-state index in [1.807, 2.05) is 44.2 Å². The van der Waals surface area contributed by atoms with Crippen molar-refractivity contribution in [3.05, 3.63) is 28.7 Å². The molecular formula is C17H25N5O2. The van der Waals surface area contributed by atoms with Crippen molar-refractivity contribution in [1.29, 1.82) is 0 Å². The zero-order valence-corrected chi connectivity index (χ0v) is 15.0. The molecule has 0 bridgehead atoms. The van der Waals surface area contributed by atoms with Crippen LogP contribution < -0.4 is 0 Å². The minimum atomic E-state index is -0.242. The van der Waals surface area contributed by atoms with E-state index in [4.69, 9.17) is 4.52 Å². The molecule has 0 N–H and O–H groups in total. The monoisotopic (exact) mass is 331 g/mol. The fraction of sp³-hybridized carbons (Fsp3) is 0.647. The third-order valence-corrected chi connectivity index (χ3v) is 4.85. The maximum atomic E-state index is 13.0. The largest absolute Gasteiger partial charge is 0.361 e. The van der Waals surface area contributed by atoms with E-state index < -0.39 is 0 Å². The van der Waals surface area contributed by atoms with Gasteiger partial charge >= 0.3 is 0 Å². The molecule has 2 atom stereocenters. The molecule has 1 aliphatic heterocycles. The first-order valence-electron chi connectivity index (χ1n) is 8.49. The summed E-state index contributed by atoms with van der Waals surface area (Å²) in [4.78, 5) is 19.3. The van der Waals surface area contributed by atoms with Gasteiger partial charge in [0.2, 0.25) is 5.91 Å². The van der Waals surface area contributed by atoms with E-state index in [-0.39, 0.29) is 17.9 Å². The topological polar surface area (TPSA) is 77.0 Å². The van der Waals surface area contributed by atoms with Gasteiger partial charge in [-0.2, -0.15) is 5.10 Å². The van der Waals surface area contributed by atoms with Gasteiger partial charge in [-0.05, 0) is 47.5 Å². The molecule has 0 saturated carbocycles. The molecule has 0 spiro atoms. The van der Waals surface area contributed by atoms with Gasteiger partial charge in [0.15, 0.2) is 0 Å². The Morgan fingerprint density at radius 3 is 2.62 bits per heavy atom. The van der Waals surface area contributed by atoms with E-state index in [1.54, 1.807) is 0 Å². The molecule has 7 heteroatoms. The van der Waals surface area contributed by atoms with Crippen LogP contribution in [0.5, 0.6) is 0 Å². The first kappa shape index (κ1) is 16.7. The minimum absolute atomic E-state index is 0.128. The first-order chi connectivity index (χ1) is 11.4. The normalized spacial score (nSPS) is 19.5. The molecule has 130 valence electrons. The van der Waals surface area contributed by atoms with Crippen LogP contribution in [0.15, 0.2) is 4.52 Å². The number of amides is 1. The van der Waals surface area contributed by atoms with Crippen molar-refractivity contribution < 1.29 is 9.32 Å². The van der Waals surface area contributed by atoms with Crippen molar-refractivity contribution >= 4 is 5.91 Å². The predicted molar refractivity (Wildman–Crippen MR) is 88.7 cm³/mol. The van der Waals surface area contributed by atoms with Crippen LogP contribution >= 0.6 is 0 Å². The second-order valence-corrected chi connectivity index (χ2v) is 6.69. The Bertz CT molecular complexity index is 729. The van der Waals surface area contributed by atoms with Crippen LogP contribution in [0, 0.1) is 27.7 Å². The Hall–Kier alpha value is -2.18. The molecule has 0 unspecified atom stereocenters. The van der Waals surface area contributed by atoms with Gasteiger partial charge in [0.05, 0.1) is 17.7 Å². The zero-order valence-electron chi connectivity index (χ0n) is 15.0. The van der Waals surface area contributed by atoms with E-state index >= 15 is 0 Å². The van der Waals surface area contributed by atoms with Gasteiger partial charge in [-0.3, -0.25) is 4.79 Å². The van der Waals surface area contributed by atoms with Gasteiger partial charge in [0, 0.05) is 18.7 Å². The average Bonchev–Trinajstić information content (AvgIpc) is 3.07. The Morgan fingerprint density at radius 1 is 1.29 bits per heavy atom. The summed E-state index contributed by atoms with van der Waals surface area (Å²) in [5.74, 6) is 2.30. The van der Waals surface area contributed by atoms with Crippen LogP contribution in [0.2, 0.25) is 0 Å². The molecule has 0 aromatic carbocycles. The van der Waals surface area contributed by atoms with E-state index in [2.05, 4.69) is 15.2 Å². The van der Waals surface area contributed by atoms with Crippen LogP contribution in [0.25, 0.3) is 0 Å². The Kier molecular flexibility index (Phi) is 4.43. The SMILES string of the molecule is Cc1nc(C)n([C@@H]2CCCN(C(=O)[C@H](C)c3c(C)noc3C)C2)n1. The summed E-state index contributed by atoms with van der Waals surface area (Å²) in [6.07, 6.45) is 2.00. The molecule has 1 saturated heterocycles. The van der Waals surface area contributed by atoms with Crippen molar-refractivity contribution in [1.82, 2.24) is 24.8 Å². The van der Waals surface area contributed by atoms with E-state index in [9.17, 15) is 4.79 Å². The highest BCUT2D eigenvalue weighted by Gasteiger charge is 2.31. The summed E-state index contributed by atoms with van der Waals surface area (Å²) < 4.78 is 7.19. The van der Waals surface area contributed by atoms with Gasteiger partial charge in [0.25, 0.3) is 0 Å². The lowest BCUT2D eigenvalue weighted by Gasteiger charge is -2.34. The first-order valence-corrected chi connectivity index (χ1v) is 8.49. The molecule has 0 aliphatic carbocycles. The lowest BCUT2D eigenvalue weighted by Crippen LogP contribution is -2.43. The zero-order chi connectivity index (χ0) is 17.4. The highest BCUT2D eigenvalue weighted by molar-refractivity contribution is 5.84. The van der Waals surface area contributed by atoms with Crippen LogP contribution in [0.3, 0.4) is 0 Å². The maximum Gasteiger partial charge on any atom is 0.230 e. The lowest BCUT2D eigenvalue weighted by molar-refractivity contribution is -0.134. The fourth-order valence-electron chi connectivity index (χ4n) is 3.74. The van der Waals surface area contributed by atoms with E-state index in [0.29, 0.717) is 6.54 Å². The number of likely N-dealkylation sites (tertiary alicyclic amines) is 1. The van der Waals surface area contributed by atoms with Gasteiger partial charge in [-0.15, -0.1) is 0 Å². The maximum absolute atomic E-state index is 13.0. The predicted octanol–water partition coefficient (Wildman–Crippen LogP) is 2.47. The summed E-state index contributed by atoms with van der Waals surface area (Å²) in [6, 6.07) is 0.195. The molecule has 24 heavy (non-hydrogen) atoms. The summed E-state index contributed by atoms with van der Waals surface area (Å²) in [5, 5.41) is 8.47. The smallest absolute Gasteiger partial charge is 0.230 e. The van der Waals surface area contributed by atoms with E-state index in [1.165, 1.54) is 0 Å². The third-order valence-electron chi connectivity index (χ3n) is 4.85. The number of piperidine rings is 1. The molecule has 1 fully saturated rings. The summed E-state index contributed by atoms with van der Waals surface area (Å²) in [7, 11) is 0. The van der Waals surface area contributed by atoms with Crippen LogP contribution in [0.1, 0.15) is 60.4 Å². The number of carbonyl (C=O) groups excluding carboxylic acids is 1. The number of nitrogens with zero attached hydrogens (tertiary/aromatic N) is 5. The number of aromatic nitrogens is 4. The molecule has 7 nitrogen and oxygen atoms in total. The average molecular weight is 331 g/mol. The van der Waals surface area contributed by atoms with Gasteiger partial charge in [0.1, 0.15) is 17.4 Å². The van der Waals surface area contributed by atoms with Crippen molar-refractivity contribution in [3.63, 3.8) is 0 Å². The number of carbonyl (C=O) groups is 1. The van der Waals surface area contributed by atoms with Gasteiger partial charge in [-0.25, -0.2) is 9.67 Å². The number of rotatable bonds is 3. The van der Waals surface area contributed by atoms with Crippen molar-refractivity contribution in [2.75, 3.05) is 13.1 Å². The Morgan fingerprint density at radius 2 is 2.04 bits per heavy atom. The summed E-state index contributed by atoms with van der Waals surface area (Å²) >= 11 is 0. The quantitative estimate of drug-likeness (QED) is 0.863. The molecular weight excluding hydrogens is 306 g/mol. The molecule has 3 rings (SSSR count).